The molecule has 0 aromatic rings. The van der Waals surface area contributed by atoms with E-state index in [1.54, 1.807) is 0 Å². The number of thioether (sulfide) groups is 1. The van der Waals surface area contributed by atoms with Crippen LogP contribution in [0.3, 0.4) is 0 Å². The Hall–Kier alpha value is -1.61. The summed E-state index contributed by atoms with van der Waals surface area (Å²) in [5, 5.41) is 19.8. The van der Waals surface area contributed by atoms with Crippen LogP contribution in [-0.4, -0.2) is 57.4 Å². The summed E-state index contributed by atoms with van der Waals surface area (Å²) in [5.41, 5.74) is 5.33. The lowest BCUT2D eigenvalue weighted by molar-refractivity contribution is -0.139. The average Bonchev–Trinajstić information content (AvgIpc) is 2.45. The first kappa shape index (κ1) is 21.4. The number of rotatable bonds is 12. The quantitative estimate of drug-likeness (QED) is 0.388. The molecule has 0 saturated carbocycles. The standard InChI is InChI=1S/C14H24N2O6S/c1-8(2)23-7-9(13(20)16-6-12(18)19)5-10(17)3-4-11(15)14(21)22/h8-9,11H,3-7,15H2,1-2H3,(H,16,20)(H,18,19)(H,21,22)/t9-,11?/m0/s1. The molecule has 0 aliphatic heterocycles. The minimum absolute atomic E-state index is 0.00888. The summed E-state index contributed by atoms with van der Waals surface area (Å²) >= 11 is 1.49. The van der Waals surface area contributed by atoms with Crippen molar-refractivity contribution in [2.45, 2.75) is 44.4 Å². The fraction of sp³-hybridized carbons (Fsp3) is 0.714. The fourth-order valence-electron chi connectivity index (χ4n) is 1.66. The van der Waals surface area contributed by atoms with Crippen LogP contribution in [0.5, 0.6) is 0 Å². The molecule has 5 N–H and O–H groups in total. The number of nitrogens with two attached hydrogens (primary N) is 1. The number of carboxylic acid groups (broad SMARTS) is 2. The van der Waals surface area contributed by atoms with Gasteiger partial charge in [0.2, 0.25) is 5.91 Å². The third-order valence-electron chi connectivity index (χ3n) is 2.94. The van der Waals surface area contributed by atoms with Crippen molar-refractivity contribution in [1.29, 1.82) is 0 Å². The molecule has 0 heterocycles. The second-order valence-electron chi connectivity index (χ2n) is 5.42. The van der Waals surface area contributed by atoms with Crippen molar-refractivity contribution in [2.24, 2.45) is 11.7 Å². The summed E-state index contributed by atoms with van der Waals surface area (Å²) < 4.78 is 0. The second kappa shape index (κ2) is 11.0. The number of Topliss-reactive ketones (excluding diaryl/α,β-unsaturated/α-hetero) is 1. The zero-order chi connectivity index (χ0) is 18.0. The molecule has 132 valence electrons. The largest absolute Gasteiger partial charge is 0.480 e. The van der Waals surface area contributed by atoms with E-state index in [0.29, 0.717) is 5.75 Å². The van der Waals surface area contributed by atoms with Crippen LogP contribution < -0.4 is 11.1 Å². The Labute approximate surface area is 139 Å². The highest BCUT2D eigenvalue weighted by Gasteiger charge is 2.23. The van der Waals surface area contributed by atoms with Crippen LogP contribution in [0.4, 0.5) is 0 Å². The molecule has 0 aliphatic carbocycles. The van der Waals surface area contributed by atoms with Gasteiger partial charge in [-0.25, -0.2) is 0 Å². The first-order valence-electron chi connectivity index (χ1n) is 7.24. The minimum atomic E-state index is -1.18. The summed E-state index contributed by atoms with van der Waals surface area (Å²) in [4.78, 5) is 45.0. The molecule has 0 spiro atoms. The normalized spacial score (nSPS) is 13.4. The monoisotopic (exact) mass is 348 g/mol. The summed E-state index contributed by atoms with van der Waals surface area (Å²) in [6.07, 6.45) is -0.0744. The van der Waals surface area contributed by atoms with Gasteiger partial charge in [-0.05, 0) is 11.7 Å². The number of ketones is 1. The highest BCUT2D eigenvalue weighted by molar-refractivity contribution is 7.99. The van der Waals surface area contributed by atoms with Crippen molar-refractivity contribution in [2.75, 3.05) is 12.3 Å². The number of amides is 1. The van der Waals surface area contributed by atoms with Gasteiger partial charge < -0.3 is 21.3 Å². The Morgan fingerprint density at radius 1 is 1.17 bits per heavy atom. The van der Waals surface area contributed by atoms with Crippen LogP contribution in [0, 0.1) is 5.92 Å². The van der Waals surface area contributed by atoms with Crippen molar-refractivity contribution in [3.63, 3.8) is 0 Å². The molecule has 1 amide bonds. The molecule has 1 unspecified atom stereocenters. The number of nitrogens with one attached hydrogen (secondary N) is 1. The summed E-state index contributed by atoms with van der Waals surface area (Å²) in [5.74, 6) is -3.34. The molecule has 8 nitrogen and oxygen atoms in total. The Morgan fingerprint density at radius 3 is 2.26 bits per heavy atom. The smallest absolute Gasteiger partial charge is 0.322 e. The van der Waals surface area contributed by atoms with Gasteiger partial charge in [0.1, 0.15) is 18.4 Å². The van der Waals surface area contributed by atoms with Gasteiger partial charge in [-0.15, -0.1) is 0 Å². The molecule has 9 heteroatoms. The first-order valence-corrected chi connectivity index (χ1v) is 8.29. The fourth-order valence-corrected chi connectivity index (χ4v) is 2.55. The van der Waals surface area contributed by atoms with Gasteiger partial charge in [0, 0.05) is 18.6 Å². The molecule has 0 radical (unpaired) electrons. The summed E-state index contributed by atoms with van der Waals surface area (Å²) in [6, 6.07) is -1.11. The van der Waals surface area contributed by atoms with Crippen molar-refractivity contribution >= 4 is 35.4 Å². The van der Waals surface area contributed by atoms with E-state index in [4.69, 9.17) is 15.9 Å². The van der Waals surface area contributed by atoms with E-state index in [2.05, 4.69) is 5.32 Å². The maximum Gasteiger partial charge on any atom is 0.322 e. The van der Waals surface area contributed by atoms with Gasteiger partial charge >= 0.3 is 11.9 Å². The van der Waals surface area contributed by atoms with E-state index in [9.17, 15) is 19.2 Å². The molecule has 0 fully saturated rings. The molecule has 0 saturated heterocycles. The molecule has 0 rings (SSSR count). The number of carboxylic acids is 2. The number of hydrogen-bond acceptors (Lipinski definition) is 6. The van der Waals surface area contributed by atoms with E-state index in [1.807, 2.05) is 13.8 Å². The van der Waals surface area contributed by atoms with Crippen LogP contribution >= 0.6 is 11.8 Å². The van der Waals surface area contributed by atoms with Crippen LogP contribution in [0.2, 0.25) is 0 Å². The van der Waals surface area contributed by atoms with E-state index >= 15 is 0 Å². The molecule has 0 aromatic carbocycles. The molecule has 0 aliphatic rings. The van der Waals surface area contributed by atoms with Crippen LogP contribution in [0.1, 0.15) is 33.1 Å². The van der Waals surface area contributed by atoms with Crippen LogP contribution in [0.15, 0.2) is 0 Å². The van der Waals surface area contributed by atoms with E-state index in [1.165, 1.54) is 11.8 Å². The number of carbonyl (C=O) groups is 4. The third kappa shape index (κ3) is 10.7. The third-order valence-corrected chi connectivity index (χ3v) is 4.20. The maximum absolute atomic E-state index is 12.0. The first-order chi connectivity index (χ1) is 10.6. The number of aliphatic carboxylic acids is 2. The number of hydrogen-bond donors (Lipinski definition) is 4. The predicted octanol–water partition coefficient (Wildman–Crippen LogP) is 0.0963. The van der Waals surface area contributed by atoms with Gasteiger partial charge in [-0.3, -0.25) is 19.2 Å². The second-order valence-corrected chi connectivity index (χ2v) is 7.03. The molecular formula is C14H24N2O6S. The topological polar surface area (TPSA) is 147 Å². The van der Waals surface area contributed by atoms with Gasteiger partial charge in [-0.2, -0.15) is 11.8 Å². The van der Waals surface area contributed by atoms with Gasteiger partial charge in [-0.1, -0.05) is 13.8 Å². The van der Waals surface area contributed by atoms with Gasteiger partial charge in [0.05, 0.1) is 5.92 Å². The highest BCUT2D eigenvalue weighted by atomic mass is 32.2. The van der Waals surface area contributed by atoms with Crippen molar-refractivity contribution in [3.8, 4) is 0 Å². The van der Waals surface area contributed by atoms with Crippen molar-refractivity contribution in [3.05, 3.63) is 0 Å². The van der Waals surface area contributed by atoms with Crippen LogP contribution in [-0.2, 0) is 19.2 Å². The lowest BCUT2D eigenvalue weighted by atomic mass is 9.99. The SMILES string of the molecule is CC(C)SC[C@H](CC(=O)CCC(N)C(=O)O)C(=O)NCC(=O)O. The molecule has 0 aromatic heterocycles. The summed E-state index contributed by atoms with van der Waals surface area (Å²) in [7, 11) is 0. The van der Waals surface area contributed by atoms with Gasteiger partial charge in [0.15, 0.2) is 0 Å². The lowest BCUT2D eigenvalue weighted by Gasteiger charge is -2.17. The zero-order valence-electron chi connectivity index (χ0n) is 13.3. The van der Waals surface area contributed by atoms with E-state index in [-0.39, 0.29) is 30.3 Å². The Morgan fingerprint density at radius 2 is 1.78 bits per heavy atom. The summed E-state index contributed by atoms with van der Waals surface area (Å²) in [6.45, 7) is 3.40. The average molecular weight is 348 g/mol. The Bertz CT molecular complexity index is 441. The molecule has 0 bridgehead atoms. The van der Waals surface area contributed by atoms with Crippen LogP contribution in [0.25, 0.3) is 0 Å². The molecule has 2 atom stereocenters. The maximum atomic E-state index is 12.0. The molecular weight excluding hydrogens is 324 g/mol. The highest BCUT2D eigenvalue weighted by Crippen LogP contribution is 2.18. The molecule has 23 heavy (non-hydrogen) atoms. The predicted molar refractivity (Wildman–Crippen MR) is 86.2 cm³/mol. The number of carbonyl (C=O) groups excluding carboxylic acids is 2. The zero-order valence-corrected chi connectivity index (χ0v) is 14.1. The van der Waals surface area contributed by atoms with Crippen molar-refractivity contribution < 1.29 is 29.4 Å². The van der Waals surface area contributed by atoms with Crippen molar-refractivity contribution in [1.82, 2.24) is 5.32 Å². The van der Waals surface area contributed by atoms with E-state index < -0.39 is 36.4 Å². The minimum Gasteiger partial charge on any atom is -0.480 e. The Kier molecular flexibility index (Phi) is 10.2. The lowest BCUT2D eigenvalue weighted by Crippen LogP contribution is -2.37. The van der Waals surface area contributed by atoms with E-state index in [0.717, 1.165) is 0 Å². The van der Waals surface area contributed by atoms with Gasteiger partial charge in [0.25, 0.3) is 0 Å². The Balaban J connectivity index is 4.54.